The number of likely N-dealkylation sites (tertiary alicyclic amines) is 1. The minimum atomic E-state index is -0.248. The minimum absolute atomic E-state index is 0.0389. The van der Waals surface area contributed by atoms with Gasteiger partial charge in [-0.2, -0.15) is 0 Å². The number of nitrogens with zero attached hydrogens (tertiary/aromatic N) is 2. The molecule has 6 nitrogen and oxygen atoms in total. The van der Waals surface area contributed by atoms with E-state index in [1.165, 1.54) is 16.7 Å². The first-order valence-electron chi connectivity index (χ1n) is 9.33. The Morgan fingerprint density at radius 3 is 3.00 bits per heavy atom. The lowest BCUT2D eigenvalue weighted by atomic mass is 9.99. The lowest BCUT2D eigenvalue weighted by molar-refractivity contribution is -0.138. The molecule has 2 aliphatic rings. The molecule has 2 fully saturated rings. The van der Waals surface area contributed by atoms with Gasteiger partial charge < -0.3 is 14.7 Å². The van der Waals surface area contributed by atoms with Crippen molar-refractivity contribution < 1.29 is 19.4 Å². The molecule has 150 valence electrons. The molecule has 2 saturated heterocycles. The van der Waals surface area contributed by atoms with Crippen LogP contribution in [0.2, 0.25) is 0 Å². The van der Waals surface area contributed by atoms with Crippen LogP contribution < -0.4 is 4.74 Å². The summed E-state index contributed by atoms with van der Waals surface area (Å²) in [6.45, 7) is 0.665. The second-order valence-corrected chi connectivity index (χ2v) is 8.47. The normalized spacial score (nSPS) is 21.5. The van der Waals surface area contributed by atoms with E-state index >= 15 is 0 Å². The maximum Gasteiger partial charge on any atom is 0.266 e. The van der Waals surface area contributed by atoms with Crippen molar-refractivity contribution in [2.75, 3.05) is 26.8 Å². The molecule has 1 unspecified atom stereocenters. The number of benzene rings is 1. The number of thiocarbonyl (C=S) groups is 1. The van der Waals surface area contributed by atoms with Crippen LogP contribution in [-0.2, 0) is 9.59 Å². The Kier molecular flexibility index (Phi) is 7.09. The minimum Gasteiger partial charge on any atom is -0.497 e. The van der Waals surface area contributed by atoms with E-state index in [2.05, 4.69) is 0 Å². The van der Waals surface area contributed by atoms with Gasteiger partial charge >= 0.3 is 0 Å². The first-order valence-corrected chi connectivity index (χ1v) is 10.6. The SMILES string of the molecule is COc1cccc(C=C2SC(=S)N(CC(=O)N3CCCCC3CCO)C2=O)c1. The van der Waals surface area contributed by atoms with Gasteiger partial charge in [-0.25, -0.2) is 0 Å². The Bertz CT molecular complexity index is 794. The molecule has 1 N–H and O–H groups in total. The van der Waals surface area contributed by atoms with Crippen LogP contribution >= 0.6 is 24.0 Å². The predicted molar refractivity (Wildman–Crippen MR) is 114 cm³/mol. The Labute approximate surface area is 174 Å². The van der Waals surface area contributed by atoms with E-state index in [1.807, 2.05) is 24.3 Å². The van der Waals surface area contributed by atoms with Gasteiger partial charge in [0.25, 0.3) is 5.91 Å². The van der Waals surface area contributed by atoms with E-state index in [0.29, 0.717) is 27.9 Å². The van der Waals surface area contributed by atoms with Gasteiger partial charge in [0.15, 0.2) is 0 Å². The van der Waals surface area contributed by atoms with E-state index in [9.17, 15) is 14.7 Å². The predicted octanol–water partition coefficient (Wildman–Crippen LogP) is 2.66. The fourth-order valence-electron chi connectivity index (χ4n) is 3.52. The highest BCUT2D eigenvalue weighted by molar-refractivity contribution is 8.26. The van der Waals surface area contributed by atoms with Gasteiger partial charge in [-0.15, -0.1) is 0 Å². The number of hydrogen-bond donors (Lipinski definition) is 1. The van der Waals surface area contributed by atoms with Crippen molar-refractivity contribution in [1.29, 1.82) is 0 Å². The molecule has 0 bridgehead atoms. The summed E-state index contributed by atoms with van der Waals surface area (Å²) >= 11 is 6.56. The second kappa shape index (κ2) is 9.54. The van der Waals surface area contributed by atoms with Gasteiger partial charge in [0.1, 0.15) is 16.6 Å². The van der Waals surface area contributed by atoms with Crippen molar-refractivity contribution in [2.45, 2.75) is 31.7 Å². The maximum absolute atomic E-state index is 12.8. The third-order valence-corrected chi connectivity index (χ3v) is 6.35. The molecule has 2 aliphatic heterocycles. The number of amides is 2. The highest BCUT2D eigenvalue weighted by atomic mass is 32.2. The Morgan fingerprint density at radius 2 is 2.25 bits per heavy atom. The molecule has 1 aromatic rings. The summed E-state index contributed by atoms with van der Waals surface area (Å²) in [7, 11) is 1.59. The molecule has 2 amide bonds. The molecule has 0 radical (unpaired) electrons. The van der Waals surface area contributed by atoms with Crippen molar-refractivity contribution >= 4 is 46.2 Å². The Morgan fingerprint density at radius 1 is 1.43 bits per heavy atom. The summed E-state index contributed by atoms with van der Waals surface area (Å²) in [5.41, 5.74) is 0.838. The van der Waals surface area contributed by atoms with Crippen LogP contribution in [0.15, 0.2) is 29.2 Å². The molecule has 0 aromatic heterocycles. The fourth-order valence-corrected chi connectivity index (χ4v) is 4.78. The van der Waals surface area contributed by atoms with Gasteiger partial charge in [-0.05, 0) is 49.5 Å². The standard InChI is InChI=1S/C20H24N2O4S2/c1-26-16-7-4-5-14(11-16)12-17-19(25)22(20(27)28-17)13-18(24)21-9-3-2-6-15(21)8-10-23/h4-5,7,11-12,15,23H,2-3,6,8-10,13H2,1H3. The maximum atomic E-state index is 12.8. The number of thioether (sulfide) groups is 1. The number of hydrogen-bond acceptors (Lipinski definition) is 6. The van der Waals surface area contributed by atoms with Gasteiger partial charge in [-0.1, -0.05) is 36.1 Å². The van der Waals surface area contributed by atoms with Crippen LogP contribution in [0.3, 0.4) is 0 Å². The van der Waals surface area contributed by atoms with Crippen LogP contribution in [0, 0.1) is 0 Å². The topological polar surface area (TPSA) is 70.1 Å². The summed E-state index contributed by atoms with van der Waals surface area (Å²) in [5, 5.41) is 9.26. The zero-order valence-corrected chi connectivity index (χ0v) is 17.4. The van der Waals surface area contributed by atoms with Gasteiger partial charge in [0.05, 0.1) is 12.0 Å². The highest BCUT2D eigenvalue weighted by Gasteiger charge is 2.36. The number of carbonyl (C=O) groups is 2. The lowest BCUT2D eigenvalue weighted by Crippen LogP contribution is -2.49. The van der Waals surface area contributed by atoms with Crippen molar-refractivity contribution in [3.05, 3.63) is 34.7 Å². The molecule has 8 heteroatoms. The largest absolute Gasteiger partial charge is 0.497 e. The number of aliphatic hydroxyl groups excluding tert-OH is 1. The molecular weight excluding hydrogens is 396 g/mol. The number of methoxy groups -OCH3 is 1. The average molecular weight is 421 g/mol. The van der Waals surface area contributed by atoms with Gasteiger partial charge in [0, 0.05) is 19.2 Å². The quantitative estimate of drug-likeness (QED) is 0.564. The molecule has 0 saturated carbocycles. The summed E-state index contributed by atoms with van der Waals surface area (Å²) in [5.74, 6) is 0.346. The second-order valence-electron chi connectivity index (χ2n) is 6.79. The average Bonchev–Trinajstić information content (AvgIpc) is 2.96. The van der Waals surface area contributed by atoms with Gasteiger partial charge in [-0.3, -0.25) is 14.5 Å². The lowest BCUT2D eigenvalue weighted by Gasteiger charge is -2.36. The number of ether oxygens (including phenoxy) is 1. The molecule has 2 heterocycles. The molecule has 28 heavy (non-hydrogen) atoms. The molecule has 1 atom stereocenters. The van der Waals surface area contributed by atoms with Crippen LogP contribution in [0.25, 0.3) is 6.08 Å². The summed E-state index contributed by atoms with van der Waals surface area (Å²) in [6, 6.07) is 7.45. The summed E-state index contributed by atoms with van der Waals surface area (Å²) < 4.78 is 5.60. The van der Waals surface area contributed by atoms with Crippen molar-refractivity contribution in [3.8, 4) is 5.75 Å². The fraction of sp³-hybridized carbons (Fsp3) is 0.450. The monoisotopic (exact) mass is 420 g/mol. The van der Waals surface area contributed by atoms with Crippen LogP contribution in [0.5, 0.6) is 5.75 Å². The highest BCUT2D eigenvalue weighted by Crippen LogP contribution is 2.33. The van der Waals surface area contributed by atoms with E-state index in [1.54, 1.807) is 18.1 Å². The first-order chi connectivity index (χ1) is 13.5. The number of aliphatic hydroxyl groups is 1. The third kappa shape index (κ3) is 4.74. The number of rotatable bonds is 6. The summed E-state index contributed by atoms with van der Waals surface area (Å²) in [4.78, 5) is 29.3. The Balaban J connectivity index is 1.71. The molecule has 0 spiro atoms. The smallest absolute Gasteiger partial charge is 0.266 e. The first kappa shape index (κ1) is 20.8. The number of carbonyl (C=O) groups excluding carboxylic acids is 2. The van der Waals surface area contributed by atoms with Crippen LogP contribution in [0.4, 0.5) is 0 Å². The third-order valence-electron chi connectivity index (χ3n) is 4.97. The molecule has 0 aliphatic carbocycles. The zero-order valence-electron chi connectivity index (χ0n) is 15.8. The van der Waals surface area contributed by atoms with Crippen molar-refractivity contribution in [3.63, 3.8) is 0 Å². The van der Waals surface area contributed by atoms with E-state index in [4.69, 9.17) is 17.0 Å². The molecule has 3 rings (SSSR count). The molecular formula is C20H24N2O4S2. The zero-order chi connectivity index (χ0) is 20.1. The van der Waals surface area contributed by atoms with Crippen LogP contribution in [-0.4, -0.2) is 63.9 Å². The van der Waals surface area contributed by atoms with E-state index in [-0.39, 0.29) is 31.0 Å². The van der Waals surface area contributed by atoms with E-state index < -0.39 is 0 Å². The molecule has 1 aromatic carbocycles. The van der Waals surface area contributed by atoms with Crippen molar-refractivity contribution in [1.82, 2.24) is 9.80 Å². The van der Waals surface area contributed by atoms with E-state index in [0.717, 1.165) is 24.8 Å². The number of piperidine rings is 1. The van der Waals surface area contributed by atoms with Crippen molar-refractivity contribution in [2.24, 2.45) is 0 Å². The Hall–Kier alpha value is -1.90. The van der Waals surface area contributed by atoms with Gasteiger partial charge in [0.2, 0.25) is 5.91 Å². The summed E-state index contributed by atoms with van der Waals surface area (Å²) in [6.07, 6.45) is 5.22. The van der Waals surface area contributed by atoms with Crippen LogP contribution in [0.1, 0.15) is 31.2 Å².